The molecule has 1 saturated carbocycles. The molecule has 0 bridgehead atoms. The Balaban J connectivity index is 2.07. The van der Waals surface area contributed by atoms with Gasteiger partial charge in [-0.2, -0.15) is 13.2 Å². The van der Waals surface area contributed by atoms with Crippen molar-refractivity contribution in [3.05, 3.63) is 29.8 Å². The van der Waals surface area contributed by atoms with E-state index in [1.165, 1.54) is 31.4 Å². The van der Waals surface area contributed by atoms with E-state index in [1.807, 2.05) is 0 Å². The lowest BCUT2D eigenvalue weighted by molar-refractivity contribution is -0.137. The second-order valence-electron chi connectivity index (χ2n) is 7.58. The first kappa shape index (κ1) is 21.7. The molecule has 27 heavy (non-hydrogen) atoms. The van der Waals surface area contributed by atoms with Gasteiger partial charge in [-0.15, -0.1) is 0 Å². The summed E-state index contributed by atoms with van der Waals surface area (Å²) in [6.45, 7) is 3.61. The topological polar surface area (TPSA) is 64.3 Å². The van der Waals surface area contributed by atoms with Crippen molar-refractivity contribution in [3.8, 4) is 0 Å². The number of carbonyl (C=O) groups excluding carboxylic acids is 1. The number of hydrogen-bond donors (Lipinski definition) is 2. The van der Waals surface area contributed by atoms with Gasteiger partial charge in [0.25, 0.3) is 5.91 Å². The monoisotopic (exact) mass is 386 g/mol. The van der Waals surface area contributed by atoms with Crippen molar-refractivity contribution in [1.82, 2.24) is 0 Å². The van der Waals surface area contributed by atoms with Crippen LogP contribution < -0.4 is 11.1 Å². The number of anilines is 1. The highest BCUT2D eigenvalue weighted by molar-refractivity contribution is 5.94. The third kappa shape index (κ3) is 6.81. The Morgan fingerprint density at radius 3 is 2.52 bits per heavy atom. The molecule has 3 N–H and O–H groups in total. The van der Waals surface area contributed by atoms with Crippen LogP contribution in [0.15, 0.2) is 24.3 Å². The molecule has 0 aliphatic heterocycles. The molecule has 152 valence electrons. The Labute approximate surface area is 158 Å². The minimum atomic E-state index is -4.47. The lowest BCUT2D eigenvalue weighted by Crippen LogP contribution is -2.47. The van der Waals surface area contributed by atoms with Gasteiger partial charge in [0.2, 0.25) is 0 Å². The van der Waals surface area contributed by atoms with Crippen LogP contribution in [0.2, 0.25) is 0 Å². The van der Waals surface area contributed by atoms with Crippen molar-refractivity contribution in [2.24, 2.45) is 11.7 Å². The predicted octanol–water partition coefficient (Wildman–Crippen LogP) is 4.74. The number of ether oxygens (including phenoxy) is 1. The maximum Gasteiger partial charge on any atom is 0.416 e. The lowest BCUT2D eigenvalue weighted by atomic mass is 9.84. The van der Waals surface area contributed by atoms with Crippen molar-refractivity contribution in [1.29, 1.82) is 0 Å². The zero-order valence-corrected chi connectivity index (χ0v) is 15.9. The highest BCUT2D eigenvalue weighted by Crippen LogP contribution is 2.31. The highest BCUT2D eigenvalue weighted by Gasteiger charge is 2.32. The van der Waals surface area contributed by atoms with E-state index in [0.29, 0.717) is 12.3 Å². The van der Waals surface area contributed by atoms with Crippen molar-refractivity contribution in [2.75, 3.05) is 5.32 Å². The number of benzene rings is 1. The summed E-state index contributed by atoms with van der Waals surface area (Å²) in [5.74, 6) is -0.0419. The summed E-state index contributed by atoms with van der Waals surface area (Å²) in [6.07, 6.45) is 0.843. The summed E-state index contributed by atoms with van der Waals surface area (Å²) in [7, 11) is 0. The molecule has 1 aromatic carbocycles. The van der Waals surface area contributed by atoms with Crippen molar-refractivity contribution in [2.45, 2.75) is 76.8 Å². The number of hydrogen-bond acceptors (Lipinski definition) is 3. The molecule has 0 radical (unpaired) electrons. The Kier molecular flexibility index (Phi) is 7.68. The van der Waals surface area contributed by atoms with E-state index >= 15 is 0 Å². The van der Waals surface area contributed by atoms with Crippen LogP contribution in [0.1, 0.15) is 57.9 Å². The number of nitrogens with two attached hydrogens (primary N) is 1. The van der Waals surface area contributed by atoms with E-state index in [9.17, 15) is 18.0 Å². The van der Waals surface area contributed by atoms with E-state index in [0.717, 1.165) is 25.0 Å². The predicted molar refractivity (Wildman–Crippen MR) is 99.3 cm³/mol. The largest absolute Gasteiger partial charge is 0.416 e. The Morgan fingerprint density at radius 1 is 1.26 bits per heavy atom. The number of amides is 1. The fourth-order valence-corrected chi connectivity index (χ4v) is 3.57. The maximum atomic E-state index is 12.9. The van der Waals surface area contributed by atoms with Crippen LogP contribution in [-0.4, -0.2) is 24.2 Å². The van der Waals surface area contributed by atoms with Crippen LogP contribution in [0, 0.1) is 5.92 Å². The molecule has 4 nitrogen and oxygen atoms in total. The Morgan fingerprint density at radius 2 is 1.93 bits per heavy atom. The van der Waals surface area contributed by atoms with Gasteiger partial charge >= 0.3 is 6.18 Å². The number of halogens is 3. The van der Waals surface area contributed by atoms with Gasteiger partial charge < -0.3 is 15.8 Å². The van der Waals surface area contributed by atoms with Gasteiger partial charge in [-0.1, -0.05) is 38.2 Å². The maximum absolute atomic E-state index is 12.9. The number of nitrogens with one attached hydrogen (secondary N) is 1. The minimum absolute atomic E-state index is 0.0806. The summed E-state index contributed by atoms with van der Waals surface area (Å²) in [4.78, 5) is 12.7. The SMILES string of the molecule is CC(C)OC(C(=O)Nc1cccc(C(F)(F)F)c1)[C@H](N)CC1CCCCC1. The zero-order chi connectivity index (χ0) is 20.0. The van der Waals surface area contributed by atoms with Crippen LogP contribution >= 0.6 is 0 Å². The van der Waals surface area contributed by atoms with Crippen molar-refractivity contribution >= 4 is 11.6 Å². The third-order valence-electron chi connectivity index (χ3n) is 4.85. The Hall–Kier alpha value is -1.60. The van der Waals surface area contributed by atoms with E-state index in [1.54, 1.807) is 13.8 Å². The van der Waals surface area contributed by atoms with E-state index in [-0.39, 0.29) is 11.8 Å². The zero-order valence-electron chi connectivity index (χ0n) is 15.9. The first-order valence-electron chi connectivity index (χ1n) is 9.56. The second kappa shape index (κ2) is 9.55. The molecule has 1 unspecified atom stereocenters. The van der Waals surface area contributed by atoms with Crippen LogP contribution in [0.4, 0.5) is 18.9 Å². The third-order valence-corrected chi connectivity index (χ3v) is 4.85. The minimum Gasteiger partial charge on any atom is -0.364 e. The molecular weight excluding hydrogens is 357 g/mol. The molecule has 1 amide bonds. The fraction of sp³-hybridized carbons (Fsp3) is 0.650. The summed E-state index contributed by atoms with van der Waals surface area (Å²) >= 11 is 0. The van der Waals surface area contributed by atoms with Gasteiger partial charge in [-0.05, 0) is 44.4 Å². The number of rotatable bonds is 7. The Bertz CT molecular complexity index is 613. The van der Waals surface area contributed by atoms with Crippen LogP contribution in [0.25, 0.3) is 0 Å². The molecule has 0 heterocycles. The van der Waals surface area contributed by atoms with Gasteiger partial charge in [-0.25, -0.2) is 0 Å². The van der Waals surface area contributed by atoms with Crippen molar-refractivity contribution in [3.63, 3.8) is 0 Å². The van der Waals surface area contributed by atoms with Gasteiger partial charge in [-0.3, -0.25) is 4.79 Å². The normalized spacial score (nSPS) is 18.3. The number of alkyl halides is 3. The molecule has 1 aromatic rings. The average molecular weight is 386 g/mol. The molecule has 1 aliphatic rings. The molecule has 2 atom stereocenters. The van der Waals surface area contributed by atoms with Crippen LogP contribution in [-0.2, 0) is 15.7 Å². The molecule has 7 heteroatoms. The average Bonchev–Trinajstić information content (AvgIpc) is 2.59. The second-order valence-corrected chi connectivity index (χ2v) is 7.58. The van der Waals surface area contributed by atoms with Crippen molar-refractivity contribution < 1.29 is 22.7 Å². The quantitative estimate of drug-likeness (QED) is 0.712. The van der Waals surface area contributed by atoms with Gasteiger partial charge in [0.05, 0.1) is 11.7 Å². The first-order chi connectivity index (χ1) is 12.7. The molecule has 1 aliphatic carbocycles. The summed E-state index contributed by atoms with van der Waals surface area (Å²) in [5, 5.41) is 2.53. The first-order valence-corrected chi connectivity index (χ1v) is 9.56. The number of carbonyl (C=O) groups is 1. The van der Waals surface area contributed by atoms with E-state index < -0.39 is 29.8 Å². The molecule has 0 spiro atoms. The van der Waals surface area contributed by atoms with Gasteiger partial charge in [0, 0.05) is 11.7 Å². The van der Waals surface area contributed by atoms with Crippen LogP contribution in [0.3, 0.4) is 0 Å². The highest BCUT2D eigenvalue weighted by atomic mass is 19.4. The standard InChI is InChI=1S/C20H29F3N2O2/c1-13(2)27-18(17(24)11-14-7-4-3-5-8-14)19(26)25-16-10-6-9-15(12-16)20(21,22)23/h6,9-10,12-14,17-18H,3-5,7-8,11,24H2,1-2H3,(H,25,26)/t17-,18?/m1/s1. The van der Waals surface area contributed by atoms with Crippen LogP contribution in [0.5, 0.6) is 0 Å². The van der Waals surface area contributed by atoms with Gasteiger partial charge in [0.1, 0.15) is 0 Å². The van der Waals surface area contributed by atoms with Gasteiger partial charge in [0.15, 0.2) is 6.10 Å². The van der Waals surface area contributed by atoms with E-state index in [2.05, 4.69) is 5.32 Å². The molecule has 0 saturated heterocycles. The smallest absolute Gasteiger partial charge is 0.364 e. The fourth-order valence-electron chi connectivity index (χ4n) is 3.57. The summed E-state index contributed by atoms with van der Waals surface area (Å²) in [5.41, 5.74) is 5.55. The lowest BCUT2D eigenvalue weighted by Gasteiger charge is -2.30. The summed E-state index contributed by atoms with van der Waals surface area (Å²) in [6, 6.07) is 4.07. The molecule has 0 aromatic heterocycles. The van der Waals surface area contributed by atoms with E-state index in [4.69, 9.17) is 10.5 Å². The molecule has 1 fully saturated rings. The summed E-state index contributed by atoms with van der Waals surface area (Å²) < 4.78 is 44.3. The molecule has 2 rings (SSSR count). The molecular formula is C20H29F3N2O2.